The molecule has 1 aliphatic heterocycles. The molecule has 2 amide bonds. The number of sulfonamides is 1. The Labute approximate surface area is 266 Å². The number of alkyl halides is 3. The van der Waals surface area contributed by atoms with E-state index in [1.807, 2.05) is 6.07 Å². The maximum atomic E-state index is 13.1. The first kappa shape index (κ1) is 32.5. The molecule has 236 valence electrons. The van der Waals surface area contributed by atoms with E-state index >= 15 is 0 Å². The average molecular weight is 679 g/mol. The largest absolute Gasteiger partial charge is 0.416 e. The van der Waals surface area contributed by atoms with Crippen molar-refractivity contribution in [1.29, 1.82) is 0 Å². The molecule has 0 spiro atoms. The molecule has 1 saturated heterocycles. The fourth-order valence-electron chi connectivity index (χ4n) is 4.58. The quantitative estimate of drug-likeness (QED) is 0.216. The molecule has 1 aliphatic rings. The SMILES string of the molecule is O=C(CSc1nnc(CNC(=O)c2ccc(S(=O)(=O)N3CCCC3)cc2)n1-c1ccccc1)Nc1cc(C(F)(F)F)ccc1Cl. The van der Waals surface area contributed by atoms with Crippen LogP contribution in [0.3, 0.4) is 0 Å². The van der Waals surface area contributed by atoms with Crippen molar-refractivity contribution in [2.45, 2.75) is 35.6 Å². The van der Waals surface area contributed by atoms with Crippen LogP contribution in [0, 0.1) is 0 Å². The van der Waals surface area contributed by atoms with Crippen LogP contribution in [0.1, 0.15) is 34.6 Å². The number of halogens is 4. The fraction of sp³-hybridized carbons (Fsp3) is 0.241. The van der Waals surface area contributed by atoms with Crippen molar-refractivity contribution in [3.05, 3.63) is 94.8 Å². The van der Waals surface area contributed by atoms with E-state index in [1.54, 1.807) is 28.8 Å². The van der Waals surface area contributed by atoms with Crippen LogP contribution in [0.4, 0.5) is 18.9 Å². The van der Waals surface area contributed by atoms with Crippen LogP contribution < -0.4 is 10.6 Å². The zero-order valence-corrected chi connectivity index (χ0v) is 25.8. The summed E-state index contributed by atoms with van der Waals surface area (Å²) < 4.78 is 68.0. The summed E-state index contributed by atoms with van der Waals surface area (Å²) >= 11 is 6.99. The highest BCUT2D eigenvalue weighted by Gasteiger charge is 2.31. The minimum atomic E-state index is -4.60. The van der Waals surface area contributed by atoms with Crippen LogP contribution in [-0.4, -0.2) is 58.1 Å². The van der Waals surface area contributed by atoms with Gasteiger partial charge in [0.25, 0.3) is 5.91 Å². The predicted molar refractivity (Wildman–Crippen MR) is 163 cm³/mol. The van der Waals surface area contributed by atoms with Gasteiger partial charge in [-0.15, -0.1) is 10.2 Å². The lowest BCUT2D eigenvalue weighted by molar-refractivity contribution is -0.137. The van der Waals surface area contributed by atoms with E-state index in [4.69, 9.17) is 11.6 Å². The number of hydrogen-bond acceptors (Lipinski definition) is 7. The highest BCUT2D eigenvalue weighted by Crippen LogP contribution is 2.34. The summed E-state index contributed by atoms with van der Waals surface area (Å²) in [6, 6.07) is 17.3. The van der Waals surface area contributed by atoms with Gasteiger partial charge in [0.05, 0.1) is 33.5 Å². The Balaban J connectivity index is 1.27. The van der Waals surface area contributed by atoms with Gasteiger partial charge in [-0.25, -0.2) is 8.42 Å². The molecule has 10 nitrogen and oxygen atoms in total. The number of hydrogen-bond donors (Lipinski definition) is 2. The summed E-state index contributed by atoms with van der Waals surface area (Å²) in [7, 11) is -3.61. The highest BCUT2D eigenvalue weighted by atomic mass is 35.5. The summed E-state index contributed by atoms with van der Waals surface area (Å²) in [5.74, 6) is -0.967. The molecule has 1 aromatic heterocycles. The van der Waals surface area contributed by atoms with Gasteiger partial charge in [-0.2, -0.15) is 17.5 Å². The Morgan fingerprint density at radius 1 is 0.956 bits per heavy atom. The molecule has 4 aromatic rings. The molecule has 0 atom stereocenters. The zero-order valence-electron chi connectivity index (χ0n) is 23.4. The molecule has 0 bridgehead atoms. The van der Waals surface area contributed by atoms with Gasteiger partial charge < -0.3 is 10.6 Å². The van der Waals surface area contributed by atoms with Crippen molar-refractivity contribution < 1.29 is 31.2 Å². The van der Waals surface area contributed by atoms with Crippen LogP contribution in [0.25, 0.3) is 5.69 Å². The Kier molecular flexibility index (Phi) is 9.82. The molecule has 2 heterocycles. The summed E-state index contributed by atoms with van der Waals surface area (Å²) in [5.41, 5.74) is -0.229. The number of rotatable bonds is 10. The molecular formula is C29H26ClF3N6O4S2. The van der Waals surface area contributed by atoms with E-state index in [9.17, 15) is 31.2 Å². The molecule has 0 radical (unpaired) electrons. The third-order valence-corrected chi connectivity index (χ3v) is 10.0. The Bertz CT molecular complexity index is 1800. The second kappa shape index (κ2) is 13.6. The standard InChI is InChI=1S/C29H26ClF3N6O4S2/c30-23-13-10-20(29(31,32)33)16-24(23)35-26(40)18-44-28-37-36-25(39(28)21-6-2-1-3-7-21)17-34-27(41)19-8-11-22(12-9-19)45(42,43)38-14-4-5-15-38/h1-3,6-13,16H,4-5,14-15,17-18H2,(H,34,41)(H,35,40). The minimum Gasteiger partial charge on any atom is -0.345 e. The number of benzene rings is 3. The van der Waals surface area contributed by atoms with Crippen molar-refractivity contribution in [3.63, 3.8) is 0 Å². The van der Waals surface area contributed by atoms with E-state index in [-0.39, 0.29) is 33.5 Å². The van der Waals surface area contributed by atoms with Gasteiger partial charge in [0.15, 0.2) is 11.0 Å². The summed E-state index contributed by atoms with van der Waals surface area (Å²) in [5, 5.41) is 13.7. The number of nitrogens with zero attached hydrogens (tertiary/aromatic N) is 4. The number of aromatic nitrogens is 3. The van der Waals surface area contributed by atoms with E-state index in [1.165, 1.54) is 28.6 Å². The van der Waals surface area contributed by atoms with Gasteiger partial charge in [0.2, 0.25) is 15.9 Å². The van der Waals surface area contributed by atoms with Crippen LogP contribution in [0.5, 0.6) is 0 Å². The van der Waals surface area contributed by atoms with Gasteiger partial charge in [-0.05, 0) is 67.4 Å². The minimum absolute atomic E-state index is 0.0466. The smallest absolute Gasteiger partial charge is 0.345 e. The number of anilines is 1. The lowest BCUT2D eigenvalue weighted by Crippen LogP contribution is -2.28. The normalized spacial score (nSPS) is 14.0. The second-order valence-corrected chi connectivity index (χ2v) is 13.2. The van der Waals surface area contributed by atoms with Crippen LogP contribution in [0.15, 0.2) is 82.8 Å². The van der Waals surface area contributed by atoms with Crippen molar-refractivity contribution in [2.24, 2.45) is 0 Å². The topological polar surface area (TPSA) is 126 Å². The lowest BCUT2D eigenvalue weighted by atomic mass is 10.2. The second-order valence-electron chi connectivity index (χ2n) is 9.92. The highest BCUT2D eigenvalue weighted by molar-refractivity contribution is 7.99. The van der Waals surface area contributed by atoms with Crippen LogP contribution in [0.2, 0.25) is 5.02 Å². The summed E-state index contributed by atoms with van der Waals surface area (Å²) in [6.07, 6.45) is -2.97. The maximum Gasteiger partial charge on any atom is 0.416 e. The van der Waals surface area contributed by atoms with Crippen molar-refractivity contribution in [1.82, 2.24) is 24.4 Å². The van der Waals surface area contributed by atoms with Crippen molar-refractivity contribution in [2.75, 3.05) is 24.2 Å². The average Bonchev–Trinajstić information content (AvgIpc) is 3.71. The first-order valence-corrected chi connectivity index (χ1v) is 16.4. The number of carbonyl (C=O) groups is 2. The van der Waals surface area contributed by atoms with Crippen molar-refractivity contribution in [3.8, 4) is 5.69 Å². The fourth-order valence-corrected chi connectivity index (χ4v) is 7.03. The monoisotopic (exact) mass is 678 g/mol. The van der Waals surface area contributed by atoms with E-state index in [0.29, 0.717) is 29.8 Å². The molecule has 45 heavy (non-hydrogen) atoms. The third-order valence-electron chi connectivity index (χ3n) is 6.84. The number of thioether (sulfide) groups is 1. The van der Waals surface area contributed by atoms with Crippen LogP contribution in [-0.2, 0) is 27.5 Å². The number of carbonyl (C=O) groups excluding carboxylic acids is 2. The van der Waals surface area contributed by atoms with Gasteiger partial charge in [0, 0.05) is 24.3 Å². The molecule has 0 unspecified atom stereocenters. The number of nitrogens with one attached hydrogen (secondary N) is 2. The van der Waals surface area contributed by atoms with E-state index in [2.05, 4.69) is 20.8 Å². The van der Waals surface area contributed by atoms with Crippen molar-refractivity contribution >= 4 is 50.9 Å². The molecule has 0 aliphatic carbocycles. The van der Waals surface area contributed by atoms with Gasteiger partial charge >= 0.3 is 6.18 Å². The molecule has 5 rings (SSSR count). The molecular weight excluding hydrogens is 653 g/mol. The van der Waals surface area contributed by atoms with Gasteiger partial charge in [-0.1, -0.05) is 41.6 Å². The summed E-state index contributed by atoms with van der Waals surface area (Å²) in [6.45, 7) is 0.894. The summed E-state index contributed by atoms with van der Waals surface area (Å²) in [4.78, 5) is 25.7. The Morgan fingerprint density at radius 2 is 1.64 bits per heavy atom. The zero-order chi connectivity index (χ0) is 32.2. The lowest BCUT2D eigenvalue weighted by Gasteiger charge is -2.15. The van der Waals surface area contributed by atoms with E-state index in [0.717, 1.165) is 42.8 Å². The van der Waals surface area contributed by atoms with E-state index < -0.39 is 33.6 Å². The molecule has 2 N–H and O–H groups in total. The third kappa shape index (κ3) is 7.66. The number of para-hydroxylation sites is 1. The molecule has 16 heteroatoms. The predicted octanol–water partition coefficient (Wildman–Crippen LogP) is 5.38. The Hall–Kier alpha value is -3.92. The molecule has 1 fully saturated rings. The maximum absolute atomic E-state index is 13.1. The number of amides is 2. The first-order chi connectivity index (χ1) is 21.4. The molecule has 3 aromatic carbocycles. The van der Waals surface area contributed by atoms with Gasteiger partial charge in [0.1, 0.15) is 0 Å². The Morgan fingerprint density at radius 3 is 2.31 bits per heavy atom. The van der Waals surface area contributed by atoms with Crippen LogP contribution >= 0.6 is 23.4 Å². The van der Waals surface area contributed by atoms with Gasteiger partial charge in [-0.3, -0.25) is 14.2 Å². The molecule has 0 saturated carbocycles. The first-order valence-electron chi connectivity index (χ1n) is 13.6.